The van der Waals surface area contributed by atoms with Crippen molar-refractivity contribution in [1.82, 2.24) is 4.98 Å². The first-order valence-electron chi connectivity index (χ1n) is 9.72. The van der Waals surface area contributed by atoms with Crippen molar-refractivity contribution in [2.24, 2.45) is 0 Å². The maximum Gasteiger partial charge on any atom is 0.300 e. The summed E-state index contributed by atoms with van der Waals surface area (Å²) in [6.07, 6.45) is 1.52. The summed E-state index contributed by atoms with van der Waals surface area (Å²) >= 11 is 0. The van der Waals surface area contributed by atoms with Gasteiger partial charge in [0, 0.05) is 17.4 Å². The maximum absolute atomic E-state index is 13.9. The molecule has 2 aromatic carbocycles. The van der Waals surface area contributed by atoms with Gasteiger partial charge in [-0.1, -0.05) is 24.3 Å². The van der Waals surface area contributed by atoms with Crippen LogP contribution in [0.15, 0.2) is 78.5 Å². The Kier molecular flexibility index (Phi) is 5.49. The van der Waals surface area contributed by atoms with Crippen LogP contribution < -0.4 is 9.64 Å². The number of halogens is 1. The molecule has 1 atom stereocenters. The van der Waals surface area contributed by atoms with Crippen LogP contribution in [0.2, 0.25) is 0 Å². The molecule has 3 aromatic rings. The van der Waals surface area contributed by atoms with Gasteiger partial charge in [0.15, 0.2) is 0 Å². The third-order valence-electron chi connectivity index (χ3n) is 4.92. The molecule has 1 aliphatic heterocycles. The van der Waals surface area contributed by atoms with Crippen LogP contribution in [0.1, 0.15) is 24.2 Å². The highest BCUT2D eigenvalue weighted by atomic mass is 19.1. The summed E-state index contributed by atoms with van der Waals surface area (Å²) in [6, 6.07) is 16.0. The molecule has 0 radical (unpaired) electrons. The lowest BCUT2D eigenvalue weighted by molar-refractivity contribution is -0.132. The fourth-order valence-electron chi connectivity index (χ4n) is 3.60. The van der Waals surface area contributed by atoms with Crippen molar-refractivity contribution in [2.45, 2.75) is 13.0 Å². The topological polar surface area (TPSA) is 79.7 Å². The first-order chi connectivity index (χ1) is 15.0. The quantitative estimate of drug-likeness (QED) is 0.381. The Labute approximate surface area is 178 Å². The van der Waals surface area contributed by atoms with E-state index >= 15 is 0 Å². The molecule has 1 aromatic heterocycles. The smallest absolute Gasteiger partial charge is 0.300 e. The zero-order valence-electron chi connectivity index (χ0n) is 16.7. The van der Waals surface area contributed by atoms with Gasteiger partial charge in [0.1, 0.15) is 23.4 Å². The molecule has 6 nitrogen and oxygen atoms in total. The number of aromatic nitrogens is 1. The van der Waals surface area contributed by atoms with Crippen molar-refractivity contribution < 1.29 is 23.8 Å². The van der Waals surface area contributed by atoms with E-state index in [1.54, 1.807) is 42.5 Å². The Bertz CT molecular complexity index is 1180. The molecule has 0 bridgehead atoms. The summed E-state index contributed by atoms with van der Waals surface area (Å²) in [5.74, 6) is -2.14. The Morgan fingerprint density at radius 1 is 1.10 bits per heavy atom. The molecule has 1 aliphatic rings. The molecule has 7 heteroatoms. The van der Waals surface area contributed by atoms with Gasteiger partial charge in [0.2, 0.25) is 0 Å². The summed E-state index contributed by atoms with van der Waals surface area (Å²) in [6.45, 7) is 2.26. The van der Waals surface area contributed by atoms with E-state index in [9.17, 15) is 19.1 Å². The minimum absolute atomic E-state index is 0.124. The first kappa shape index (κ1) is 20.3. The van der Waals surface area contributed by atoms with Crippen molar-refractivity contribution >= 4 is 23.1 Å². The molecule has 0 aliphatic carbocycles. The largest absolute Gasteiger partial charge is 0.507 e. The van der Waals surface area contributed by atoms with Crippen molar-refractivity contribution in [2.75, 3.05) is 11.5 Å². The van der Waals surface area contributed by atoms with Crippen molar-refractivity contribution in [3.63, 3.8) is 0 Å². The summed E-state index contributed by atoms with van der Waals surface area (Å²) in [5, 5.41) is 11.1. The number of carbonyl (C=O) groups excluding carboxylic acids is 2. The molecule has 0 spiro atoms. The van der Waals surface area contributed by atoms with Crippen LogP contribution >= 0.6 is 0 Å². The van der Waals surface area contributed by atoms with E-state index in [2.05, 4.69) is 4.98 Å². The van der Waals surface area contributed by atoms with Gasteiger partial charge in [-0.3, -0.25) is 19.5 Å². The van der Waals surface area contributed by atoms with Crippen LogP contribution in [0.25, 0.3) is 5.76 Å². The maximum atomic E-state index is 13.9. The summed E-state index contributed by atoms with van der Waals surface area (Å²) in [5.41, 5.74) is 0.763. The average Bonchev–Trinajstić information content (AvgIpc) is 3.05. The number of pyridine rings is 1. The first-order valence-corrected chi connectivity index (χ1v) is 9.72. The molecule has 1 fully saturated rings. The van der Waals surface area contributed by atoms with E-state index in [-0.39, 0.29) is 17.0 Å². The number of carbonyl (C=O) groups is 2. The number of ether oxygens (including phenoxy) is 1. The molecule has 4 rings (SSSR count). The number of anilines is 1. The van der Waals surface area contributed by atoms with Crippen molar-refractivity contribution in [1.29, 1.82) is 0 Å². The number of amides is 1. The van der Waals surface area contributed by atoms with Gasteiger partial charge in [-0.2, -0.15) is 0 Å². The highest BCUT2D eigenvalue weighted by Crippen LogP contribution is 2.41. The van der Waals surface area contributed by atoms with E-state index in [4.69, 9.17) is 4.74 Å². The molecule has 0 saturated carbocycles. The zero-order valence-corrected chi connectivity index (χ0v) is 16.7. The lowest BCUT2D eigenvalue weighted by Crippen LogP contribution is -2.29. The molecule has 1 N–H and O–H groups in total. The minimum Gasteiger partial charge on any atom is -0.507 e. The third kappa shape index (κ3) is 3.77. The number of hydrogen-bond acceptors (Lipinski definition) is 5. The Morgan fingerprint density at radius 2 is 1.90 bits per heavy atom. The normalized spacial score (nSPS) is 17.7. The molecule has 2 heterocycles. The number of aliphatic hydroxyl groups excluding tert-OH is 1. The highest BCUT2D eigenvalue weighted by molar-refractivity contribution is 6.51. The SMILES string of the molecule is CCOc1cccc(/C(O)=C2\C(=O)C(=O)N(c3cccc(F)c3)C2c2ccccn2)c1. The number of aliphatic hydroxyl groups is 1. The van der Waals surface area contributed by atoms with Crippen LogP contribution in [0, 0.1) is 5.82 Å². The van der Waals surface area contributed by atoms with Crippen molar-refractivity contribution in [3.8, 4) is 5.75 Å². The molecule has 31 heavy (non-hydrogen) atoms. The molecule has 1 amide bonds. The Balaban J connectivity index is 1.92. The zero-order chi connectivity index (χ0) is 22.0. The second-order valence-corrected chi connectivity index (χ2v) is 6.86. The Hall–Kier alpha value is -4.00. The number of nitrogens with zero attached hydrogens (tertiary/aromatic N) is 2. The van der Waals surface area contributed by atoms with Gasteiger partial charge in [0.25, 0.3) is 11.7 Å². The van der Waals surface area contributed by atoms with Gasteiger partial charge in [-0.15, -0.1) is 0 Å². The van der Waals surface area contributed by atoms with E-state index in [1.165, 1.54) is 24.4 Å². The van der Waals surface area contributed by atoms with Crippen LogP contribution in [0.5, 0.6) is 5.75 Å². The molecule has 156 valence electrons. The predicted molar refractivity (Wildman–Crippen MR) is 113 cm³/mol. The standard InChI is InChI=1S/C24H19FN2O4/c1-2-31-18-10-5-7-15(13-18)22(28)20-21(19-11-3-4-12-26-19)27(24(30)23(20)29)17-9-6-8-16(25)14-17/h3-14,21,28H,2H2,1H3/b22-20+. The molecular formula is C24H19FN2O4. The third-order valence-corrected chi connectivity index (χ3v) is 4.92. The van der Waals surface area contributed by atoms with Gasteiger partial charge in [-0.25, -0.2) is 4.39 Å². The molecule has 1 saturated heterocycles. The van der Waals surface area contributed by atoms with Crippen molar-refractivity contribution in [3.05, 3.63) is 95.6 Å². The van der Waals surface area contributed by atoms with Crippen LogP contribution in [0.3, 0.4) is 0 Å². The van der Waals surface area contributed by atoms with E-state index < -0.39 is 23.5 Å². The van der Waals surface area contributed by atoms with Gasteiger partial charge >= 0.3 is 0 Å². The van der Waals surface area contributed by atoms with E-state index in [0.717, 1.165) is 11.0 Å². The van der Waals surface area contributed by atoms with Gasteiger partial charge < -0.3 is 9.84 Å². The summed E-state index contributed by atoms with van der Waals surface area (Å²) in [7, 11) is 0. The average molecular weight is 418 g/mol. The van der Waals surface area contributed by atoms with Crippen LogP contribution in [0.4, 0.5) is 10.1 Å². The van der Waals surface area contributed by atoms with Crippen LogP contribution in [-0.4, -0.2) is 28.4 Å². The second-order valence-electron chi connectivity index (χ2n) is 6.86. The Morgan fingerprint density at radius 3 is 2.61 bits per heavy atom. The summed E-state index contributed by atoms with van der Waals surface area (Å²) in [4.78, 5) is 31.4. The fraction of sp³-hybridized carbons (Fsp3) is 0.125. The minimum atomic E-state index is -1.02. The van der Waals surface area contributed by atoms with E-state index in [0.29, 0.717) is 23.6 Å². The summed E-state index contributed by atoms with van der Waals surface area (Å²) < 4.78 is 19.4. The van der Waals surface area contributed by atoms with Crippen LogP contribution in [-0.2, 0) is 9.59 Å². The lowest BCUT2D eigenvalue weighted by Gasteiger charge is -2.24. The fourth-order valence-corrected chi connectivity index (χ4v) is 3.60. The molecule has 1 unspecified atom stereocenters. The number of ketones is 1. The monoisotopic (exact) mass is 418 g/mol. The van der Waals surface area contributed by atoms with E-state index in [1.807, 2.05) is 6.92 Å². The second kappa shape index (κ2) is 8.39. The number of Topliss-reactive ketones (excluding diaryl/α,β-unsaturated/α-hetero) is 1. The number of hydrogen-bond donors (Lipinski definition) is 1. The number of benzene rings is 2. The number of rotatable bonds is 5. The van der Waals surface area contributed by atoms with Gasteiger partial charge in [-0.05, 0) is 49.4 Å². The lowest BCUT2D eigenvalue weighted by atomic mass is 9.98. The predicted octanol–water partition coefficient (Wildman–Crippen LogP) is 4.25. The molecular weight excluding hydrogens is 399 g/mol. The van der Waals surface area contributed by atoms with Gasteiger partial charge in [0.05, 0.1) is 17.9 Å². The highest BCUT2D eigenvalue weighted by Gasteiger charge is 2.47.